The van der Waals surface area contributed by atoms with Crippen LogP contribution in [0.15, 0.2) is 42.6 Å². The standard InChI is InChI=1S/C27H34N2O4Si/c1-18-15-25(32-2)24(23-7-11-28-26(18)23)16-29-12-8-21(19-9-13-33-14-10-19)17-34(29)22-5-3-20(4-6-22)27(30)31/h3-7,11,15,19,21,28,34H,8-10,12-14,16-17H2,1-2H3,(H,30,31)/t21-,34-/m0/s1. The van der Waals surface area contributed by atoms with Crippen molar-refractivity contribution in [1.29, 1.82) is 0 Å². The van der Waals surface area contributed by atoms with E-state index in [2.05, 4.69) is 40.7 Å². The van der Waals surface area contributed by atoms with Gasteiger partial charge in [0.1, 0.15) is 14.7 Å². The summed E-state index contributed by atoms with van der Waals surface area (Å²) in [7, 11) is 0.236. The molecule has 2 aliphatic rings. The van der Waals surface area contributed by atoms with Gasteiger partial charge in [-0.05, 0) is 85.6 Å². The first-order chi connectivity index (χ1) is 16.5. The number of carboxylic acids is 1. The molecule has 0 unspecified atom stereocenters. The van der Waals surface area contributed by atoms with Crippen LogP contribution in [0.3, 0.4) is 0 Å². The molecule has 2 atom stereocenters. The van der Waals surface area contributed by atoms with E-state index in [1.165, 1.54) is 52.5 Å². The number of fused-ring (bicyclic) bond motifs is 1. The molecule has 2 fully saturated rings. The lowest BCUT2D eigenvalue weighted by atomic mass is 9.85. The minimum Gasteiger partial charge on any atom is -0.496 e. The average molecular weight is 479 g/mol. The summed E-state index contributed by atoms with van der Waals surface area (Å²) in [6.45, 7) is 5.82. The first kappa shape index (κ1) is 23.1. The number of aromatic carboxylic acids is 1. The number of benzene rings is 2. The minimum atomic E-state index is -1.52. The summed E-state index contributed by atoms with van der Waals surface area (Å²) in [5, 5.41) is 11.9. The smallest absolute Gasteiger partial charge is 0.335 e. The molecule has 3 heterocycles. The second-order valence-corrected chi connectivity index (χ2v) is 12.7. The van der Waals surface area contributed by atoms with Gasteiger partial charge >= 0.3 is 5.97 Å². The van der Waals surface area contributed by atoms with E-state index in [4.69, 9.17) is 9.47 Å². The van der Waals surface area contributed by atoms with Crippen LogP contribution >= 0.6 is 0 Å². The van der Waals surface area contributed by atoms with E-state index < -0.39 is 14.9 Å². The summed E-state index contributed by atoms with van der Waals surface area (Å²) in [4.78, 5) is 14.8. The summed E-state index contributed by atoms with van der Waals surface area (Å²) in [6.07, 6.45) is 5.56. The quantitative estimate of drug-likeness (QED) is 0.523. The molecule has 0 spiro atoms. The van der Waals surface area contributed by atoms with Crippen LogP contribution in [0.25, 0.3) is 10.9 Å². The Morgan fingerprint density at radius 1 is 1.18 bits per heavy atom. The highest BCUT2D eigenvalue weighted by Crippen LogP contribution is 2.37. The lowest BCUT2D eigenvalue weighted by molar-refractivity contribution is 0.0450. The predicted molar refractivity (Wildman–Crippen MR) is 137 cm³/mol. The van der Waals surface area contributed by atoms with Crippen LogP contribution in [0.1, 0.15) is 40.7 Å². The topological polar surface area (TPSA) is 74.8 Å². The summed E-state index contributed by atoms with van der Waals surface area (Å²) in [6, 6.07) is 13.2. The number of H-pyrrole nitrogens is 1. The Kier molecular flexibility index (Phi) is 6.76. The summed E-state index contributed by atoms with van der Waals surface area (Å²) in [5.41, 5.74) is 3.97. The second-order valence-electron chi connectivity index (χ2n) is 9.79. The lowest BCUT2D eigenvalue weighted by Crippen LogP contribution is -2.53. The molecule has 2 N–H and O–H groups in total. The van der Waals surface area contributed by atoms with Crippen LogP contribution in [0.4, 0.5) is 0 Å². The molecule has 7 heteroatoms. The van der Waals surface area contributed by atoms with Crippen molar-refractivity contribution in [2.24, 2.45) is 11.8 Å². The fourth-order valence-electron chi connectivity index (χ4n) is 6.02. The number of nitrogens with one attached hydrogen (secondary N) is 1. The summed E-state index contributed by atoms with van der Waals surface area (Å²) < 4.78 is 14.2. The number of aromatic nitrogens is 1. The Balaban J connectivity index is 1.47. The van der Waals surface area contributed by atoms with Gasteiger partial charge in [0.15, 0.2) is 0 Å². The van der Waals surface area contributed by atoms with Crippen molar-refractivity contribution in [3.63, 3.8) is 0 Å². The third-order valence-electron chi connectivity index (χ3n) is 7.92. The fraction of sp³-hybridized carbons (Fsp3) is 0.444. The van der Waals surface area contributed by atoms with Gasteiger partial charge in [-0.2, -0.15) is 0 Å². The van der Waals surface area contributed by atoms with Crippen molar-refractivity contribution >= 4 is 31.0 Å². The van der Waals surface area contributed by atoms with Crippen molar-refractivity contribution in [3.05, 3.63) is 59.3 Å². The number of hydrogen-bond donors (Lipinski definition) is 2. The molecule has 2 aliphatic heterocycles. The maximum absolute atomic E-state index is 11.4. The Morgan fingerprint density at radius 3 is 2.65 bits per heavy atom. The Hall–Kier alpha value is -2.61. The van der Waals surface area contributed by atoms with E-state index in [-0.39, 0.29) is 0 Å². The number of ether oxygens (including phenoxy) is 2. The van der Waals surface area contributed by atoms with Crippen molar-refractivity contribution < 1.29 is 19.4 Å². The Labute approximate surface area is 202 Å². The maximum atomic E-state index is 11.4. The van der Waals surface area contributed by atoms with Gasteiger partial charge in [0.25, 0.3) is 0 Å². The molecule has 1 aromatic heterocycles. The zero-order chi connectivity index (χ0) is 23.7. The highest BCUT2D eigenvalue weighted by molar-refractivity contribution is 6.70. The number of carbonyl (C=O) groups is 1. The molecular weight excluding hydrogens is 444 g/mol. The molecule has 0 radical (unpaired) electrons. The molecule has 0 amide bonds. The fourth-order valence-corrected chi connectivity index (χ4v) is 9.71. The van der Waals surface area contributed by atoms with Crippen LogP contribution in [-0.2, 0) is 11.3 Å². The van der Waals surface area contributed by atoms with E-state index >= 15 is 0 Å². The molecule has 5 rings (SSSR count). The van der Waals surface area contributed by atoms with Crippen molar-refractivity contribution in [2.45, 2.75) is 38.8 Å². The van der Waals surface area contributed by atoms with Gasteiger partial charge in [0.05, 0.1) is 12.7 Å². The van der Waals surface area contributed by atoms with Crippen LogP contribution in [0.2, 0.25) is 6.04 Å². The Morgan fingerprint density at radius 2 is 1.94 bits per heavy atom. The molecule has 2 saturated heterocycles. The highest BCUT2D eigenvalue weighted by Gasteiger charge is 2.36. The summed E-state index contributed by atoms with van der Waals surface area (Å²) >= 11 is 0. The van der Waals surface area contributed by atoms with Crippen LogP contribution in [0.5, 0.6) is 5.75 Å². The van der Waals surface area contributed by atoms with E-state index in [0.29, 0.717) is 5.56 Å². The molecule has 34 heavy (non-hydrogen) atoms. The molecule has 180 valence electrons. The van der Waals surface area contributed by atoms with Gasteiger partial charge < -0.3 is 24.1 Å². The molecule has 0 aliphatic carbocycles. The van der Waals surface area contributed by atoms with E-state index in [0.717, 1.165) is 43.9 Å². The first-order valence-corrected chi connectivity index (χ1v) is 14.2. The number of aromatic amines is 1. The number of nitrogens with zero attached hydrogens (tertiary/aromatic N) is 1. The number of methoxy groups -OCH3 is 1. The van der Waals surface area contributed by atoms with E-state index in [1.807, 2.05) is 6.20 Å². The van der Waals surface area contributed by atoms with Crippen LogP contribution in [-0.4, -0.2) is 56.5 Å². The molecular formula is C27H34N2O4Si. The lowest BCUT2D eigenvalue weighted by Gasteiger charge is -2.42. The van der Waals surface area contributed by atoms with E-state index in [1.54, 1.807) is 19.2 Å². The van der Waals surface area contributed by atoms with Gasteiger partial charge in [-0.15, -0.1) is 0 Å². The van der Waals surface area contributed by atoms with Crippen molar-refractivity contribution in [2.75, 3.05) is 26.9 Å². The van der Waals surface area contributed by atoms with Crippen LogP contribution < -0.4 is 9.92 Å². The largest absolute Gasteiger partial charge is 0.496 e. The van der Waals surface area contributed by atoms with Crippen LogP contribution in [0, 0.1) is 18.8 Å². The zero-order valence-electron chi connectivity index (χ0n) is 20.0. The number of carboxylic acid groups (broad SMARTS) is 1. The minimum absolute atomic E-state index is 0.357. The van der Waals surface area contributed by atoms with Crippen molar-refractivity contribution in [3.8, 4) is 5.75 Å². The maximum Gasteiger partial charge on any atom is 0.335 e. The molecule has 6 nitrogen and oxygen atoms in total. The van der Waals surface area contributed by atoms with Gasteiger partial charge in [-0.1, -0.05) is 12.1 Å². The predicted octanol–water partition coefficient (Wildman–Crippen LogP) is 4.06. The summed E-state index contributed by atoms with van der Waals surface area (Å²) in [5.74, 6) is 1.55. The highest BCUT2D eigenvalue weighted by atomic mass is 28.3. The van der Waals surface area contributed by atoms with Crippen molar-refractivity contribution in [1.82, 2.24) is 9.55 Å². The third-order valence-corrected chi connectivity index (χ3v) is 11.5. The Bertz CT molecular complexity index is 1150. The monoisotopic (exact) mass is 478 g/mol. The van der Waals surface area contributed by atoms with Gasteiger partial charge in [0, 0.05) is 42.4 Å². The molecule has 3 aromatic rings. The zero-order valence-corrected chi connectivity index (χ0v) is 21.2. The van der Waals surface area contributed by atoms with Gasteiger partial charge in [0.2, 0.25) is 0 Å². The number of hydrogen-bond acceptors (Lipinski definition) is 4. The van der Waals surface area contributed by atoms with E-state index in [9.17, 15) is 9.90 Å². The SMILES string of the molecule is COc1cc(C)c2[nH]ccc2c1CN1CC[C@H](C2CCOCC2)C[Si@H]1c1ccc(C(=O)O)cc1. The third kappa shape index (κ3) is 4.52. The van der Waals surface area contributed by atoms with Gasteiger partial charge in [-0.25, -0.2) is 4.79 Å². The average Bonchev–Trinajstić information content (AvgIpc) is 3.37. The molecule has 2 aromatic carbocycles. The molecule has 0 saturated carbocycles. The normalized spacial score (nSPS) is 22.2. The van der Waals surface area contributed by atoms with Gasteiger partial charge in [-0.3, -0.25) is 0 Å². The number of aryl methyl sites for hydroxylation is 1. The number of rotatable bonds is 6. The first-order valence-electron chi connectivity index (χ1n) is 12.3. The molecule has 0 bridgehead atoms. The second kappa shape index (κ2) is 9.94.